The van der Waals surface area contributed by atoms with Gasteiger partial charge in [0.2, 0.25) is 0 Å². The lowest BCUT2D eigenvalue weighted by molar-refractivity contribution is 0.564. The van der Waals surface area contributed by atoms with Crippen LogP contribution in [0.3, 0.4) is 0 Å². The Bertz CT molecular complexity index is 495. The Labute approximate surface area is 102 Å². The summed E-state index contributed by atoms with van der Waals surface area (Å²) in [5, 5.41) is 17.9. The van der Waals surface area contributed by atoms with Crippen LogP contribution in [0.2, 0.25) is 0 Å². The summed E-state index contributed by atoms with van der Waals surface area (Å²) < 4.78 is 0. The topological polar surface area (TPSA) is 50.8 Å². The summed E-state index contributed by atoms with van der Waals surface area (Å²) in [5.41, 5.74) is 1.63. The number of hydrogen-bond donors (Lipinski definition) is 0. The van der Waals surface area contributed by atoms with E-state index in [4.69, 9.17) is 10.5 Å². The zero-order valence-electron chi connectivity index (χ0n) is 9.88. The average Bonchev–Trinajstić information content (AvgIpc) is 2.35. The highest BCUT2D eigenvalue weighted by Gasteiger charge is 2.05. The molecule has 0 bridgehead atoms. The first kappa shape index (κ1) is 12.5. The Kier molecular flexibility index (Phi) is 4.54. The van der Waals surface area contributed by atoms with Crippen molar-refractivity contribution in [2.24, 2.45) is 0 Å². The minimum Gasteiger partial charge on any atom is -0.383 e. The summed E-state index contributed by atoms with van der Waals surface area (Å²) in [6.07, 6.45) is 3.59. The Morgan fingerprint density at radius 3 is 2.18 bits per heavy atom. The molecule has 0 saturated heterocycles. The molecule has 0 N–H and O–H groups in total. The first-order chi connectivity index (χ1) is 8.19. The second-order valence-corrected chi connectivity index (χ2v) is 3.66. The predicted octanol–water partition coefficient (Wildman–Crippen LogP) is 2.56. The first-order valence-electron chi connectivity index (χ1n) is 5.13. The van der Waals surface area contributed by atoms with Crippen LogP contribution in [0.5, 0.6) is 0 Å². The Morgan fingerprint density at radius 2 is 1.71 bits per heavy atom. The molecule has 1 aromatic carbocycles. The predicted molar refractivity (Wildman–Crippen MR) is 67.4 cm³/mol. The number of hydrogen-bond acceptors (Lipinski definition) is 3. The molecule has 0 aromatic heterocycles. The molecular formula is C14H13N3. The number of benzene rings is 1. The summed E-state index contributed by atoms with van der Waals surface area (Å²) in [6, 6.07) is 13.3. The van der Waals surface area contributed by atoms with E-state index >= 15 is 0 Å². The van der Waals surface area contributed by atoms with Gasteiger partial charge in [-0.25, -0.2) is 0 Å². The molecule has 0 spiro atoms. The van der Waals surface area contributed by atoms with Crippen LogP contribution in [0.1, 0.15) is 5.56 Å². The molecule has 0 aliphatic carbocycles. The van der Waals surface area contributed by atoms with Crippen LogP contribution in [0.25, 0.3) is 5.57 Å². The van der Waals surface area contributed by atoms with Crippen molar-refractivity contribution in [3.63, 3.8) is 0 Å². The molecule has 84 valence electrons. The van der Waals surface area contributed by atoms with Crippen LogP contribution in [0, 0.1) is 22.7 Å². The molecule has 0 saturated carbocycles. The summed E-state index contributed by atoms with van der Waals surface area (Å²) in [6.45, 7) is 0. The summed E-state index contributed by atoms with van der Waals surface area (Å²) in [5.74, 6) is 0. The van der Waals surface area contributed by atoms with Crippen molar-refractivity contribution in [3.05, 3.63) is 53.7 Å². The summed E-state index contributed by atoms with van der Waals surface area (Å²) in [7, 11) is 3.77. The second kappa shape index (κ2) is 6.15. The molecule has 3 heteroatoms. The fourth-order valence-electron chi connectivity index (χ4n) is 1.31. The third-order valence-electron chi connectivity index (χ3n) is 2.12. The smallest absolute Gasteiger partial charge is 0.137 e. The quantitative estimate of drug-likeness (QED) is 0.584. The molecule has 0 aliphatic rings. The van der Waals surface area contributed by atoms with Gasteiger partial charge in [0.15, 0.2) is 0 Å². The van der Waals surface area contributed by atoms with Crippen molar-refractivity contribution >= 4 is 5.57 Å². The molecule has 0 amide bonds. The van der Waals surface area contributed by atoms with E-state index in [0.717, 1.165) is 5.56 Å². The van der Waals surface area contributed by atoms with Gasteiger partial charge < -0.3 is 4.90 Å². The molecule has 0 aliphatic heterocycles. The Hall–Kier alpha value is -2.52. The number of nitriles is 2. The highest BCUT2D eigenvalue weighted by atomic mass is 15.0. The third kappa shape index (κ3) is 3.52. The van der Waals surface area contributed by atoms with Crippen LogP contribution >= 0.6 is 0 Å². The lowest BCUT2D eigenvalue weighted by Gasteiger charge is -2.06. The molecule has 0 heterocycles. The van der Waals surface area contributed by atoms with Gasteiger partial charge >= 0.3 is 0 Å². The van der Waals surface area contributed by atoms with Crippen LogP contribution in [-0.2, 0) is 0 Å². The van der Waals surface area contributed by atoms with E-state index in [-0.39, 0.29) is 5.57 Å². The maximum absolute atomic E-state index is 8.95. The second-order valence-electron chi connectivity index (χ2n) is 3.66. The molecule has 1 rings (SSSR count). The van der Waals surface area contributed by atoms with Gasteiger partial charge in [0.25, 0.3) is 0 Å². The number of nitrogens with zero attached hydrogens (tertiary/aromatic N) is 3. The van der Waals surface area contributed by atoms with Gasteiger partial charge in [-0.05, 0) is 17.8 Å². The minimum atomic E-state index is 0.120. The molecular weight excluding hydrogens is 210 g/mol. The van der Waals surface area contributed by atoms with Crippen molar-refractivity contribution in [3.8, 4) is 12.1 Å². The van der Waals surface area contributed by atoms with E-state index in [1.807, 2.05) is 67.7 Å². The van der Waals surface area contributed by atoms with E-state index < -0.39 is 0 Å². The van der Waals surface area contributed by atoms with Crippen molar-refractivity contribution in [2.75, 3.05) is 14.1 Å². The molecule has 0 radical (unpaired) electrons. The lowest BCUT2D eigenvalue weighted by atomic mass is 10.0. The zero-order valence-corrected chi connectivity index (χ0v) is 9.88. The van der Waals surface area contributed by atoms with Crippen molar-refractivity contribution < 1.29 is 0 Å². The molecule has 17 heavy (non-hydrogen) atoms. The van der Waals surface area contributed by atoms with E-state index in [1.165, 1.54) is 0 Å². The molecule has 3 nitrogen and oxygen atoms in total. The lowest BCUT2D eigenvalue weighted by Crippen LogP contribution is -2.00. The van der Waals surface area contributed by atoms with Crippen LogP contribution in [0.15, 0.2) is 48.2 Å². The van der Waals surface area contributed by atoms with E-state index in [1.54, 1.807) is 6.08 Å². The van der Waals surface area contributed by atoms with E-state index in [9.17, 15) is 0 Å². The van der Waals surface area contributed by atoms with E-state index in [0.29, 0.717) is 5.57 Å². The molecule has 1 aromatic rings. The average molecular weight is 223 g/mol. The maximum Gasteiger partial charge on any atom is 0.137 e. The Morgan fingerprint density at radius 1 is 1.12 bits per heavy atom. The maximum atomic E-state index is 8.95. The normalized spacial score (nSPS) is 9.41. The van der Waals surface area contributed by atoms with Gasteiger partial charge in [-0.3, -0.25) is 0 Å². The third-order valence-corrected chi connectivity index (χ3v) is 2.12. The monoisotopic (exact) mass is 223 g/mol. The fourth-order valence-corrected chi connectivity index (χ4v) is 1.31. The summed E-state index contributed by atoms with van der Waals surface area (Å²) in [4.78, 5) is 1.86. The summed E-state index contributed by atoms with van der Waals surface area (Å²) >= 11 is 0. The van der Waals surface area contributed by atoms with Crippen molar-refractivity contribution in [1.82, 2.24) is 4.90 Å². The fraction of sp³-hybridized carbons (Fsp3) is 0.143. The van der Waals surface area contributed by atoms with Crippen LogP contribution in [0.4, 0.5) is 0 Å². The van der Waals surface area contributed by atoms with Gasteiger partial charge in [0.1, 0.15) is 17.7 Å². The highest BCUT2D eigenvalue weighted by molar-refractivity contribution is 5.81. The first-order valence-corrected chi connectivity index (χ1v) is 5.13. The van der Waals surface area contributed by atoms with Crippen molar-refractivity contribution in [2.45, 2.75) is 0 Å². The highest BCUT2D eigenvalue weighted by Crippen LogP contribution is 2.19. The number of allylic oxidation sites excluding steroid dienone is 3. The van der Waals surface area contributed by atoms with E-state index in [2.05, 4.69) is 0 Å². The molecule has 0 unspecified atom stereocenters. The van der Waals surface area contributed by atoms with Gasteiger partial charge in [-0.2, -0.15) is 10.5 Å². The minimum absolute atomic E-state index is 0.120. The van der Waals surface area contributed by atoms with Gasteiger partial charge in [-0.1, -0.05) is 30.3 Å². The largest absolute Gasteiger partial charge is 0.383 e. The molecule has 0 atom stereocenters. The van der Waals surface area contributed by atoms with Crippen molar-refractivity contribution in [1.29, 1.82) is 10.5 Å². The van der Waals surface area contributed by atoms with Gasteiger partial charge in [0, 0.05) is 19.7 Å². The van der Waals surface area contributed by atoms with Crippen LogP contribution in [-0.4, -0.2) is 19.0 Å². The van der Waals surface area contributed by atoms with Gasteiger partial charge in [-0.15, -0.1) is 0 Å². The zero-order chi connectivity index (χ0) is 12.7. The Balaban J connectivity index is 3.29. The SMILES string of the molecule is CN(C)C=CC(=C(C#N)C#N)c1ccccc1. The number of rotatable bonds is 3. The van der Waals surface area contributed by atoms with Gasteiger partial charge in [0.05, 0.1) is 0 Å². The molecule has 0 fully saturated rings. The standard InChI is InChI=1S/C14H13N3/c1-17(2)9-8-14(13(10-15)11-16)12-6-4-3-5-7-12/h3-9H,1-2H3. The van der Waals surface area contributed by atoms with Crippen LogP contribution < -0.4 is 0 Å².